The van der Waals surface area contributed by atoms with Crippen LogP contribution in [-0.4, -0.2) is 33.8 Å². The quantitative estimate of drug-likeness (QED) is 0.410. The van der Waals surface area contributed by atoms with Crippen LogP contribution in [0.2, 0.25) is 0 Å². The molecule has 1 aliphatic carbocycles. The summed E-state index contributed by atoms with van der Waals surface area (Å²) in [6, 6.07) is 7.30. The minimum Gasteiger partial charge on any atom is -0.462 e. The lowest BCUT2D eigenvalue weighted by atomic mass is 10.2. The van der Waals surface area contributed by atoms with E-state index in [4.69, 9.17) is 4.74 Å². The fraction of sp³-hybridized carbons (Fsp3) is 0.421. The Morgan fingerprint density at radius 3 is 2.77 bits per heavy atom. The summed E-state index contributed by atoms with van der Waals surface area (Å²) in [6.07, 6.45) is 7.95. The molecule has 0 radical (unpaired) electrons. The van der Waals surface area contributed by atoms with Gasteiger partial charge >= 0.3 is 5.97 Å². The van der Waals surface area contributed by atoms with Gasteiger partial charge in [-0.05, 0) is 43.5 Å². The van der Waals surface area contributed by atoms with Gasteiger partial charge in [0, 0.05) is 24.1 Å². The number of hydrogen-bond acceptors (Lipinski definition) is 5. The van der Waals surface area contributed by atoms with Crippen molar-refractivity contribution in [3.8, 4) is 0 Å². The van der Waals surface area contributed by atoms with E-state index in [1.165, 1.54) is 24.6 Å². The van der Waals surface area contributed by atoms with Crippen LogP contribution < -0.4 is 5.32 Å². The second-order valence-corrected chi connectivity index (χ2v) is 7.19. The lowest BCUT2D eigenvalue weighted by Gasteiger charge is -2.08. The number of benzene rings is 1. The van der Waals surface area contributed by atoms with Gasteiger partial charge in [0.25, 0.3) is 0 Å². The summed E-state index contributed by atoms with van der Waals surface area (Å²) in [5.41, 5.74) is 1.14. The van der Waals surface area contributed by atoms with E-state index >= 15 is 0 Å². The van der Waals surface area contributed by atoms with Gasteiger partial charge in [0.1, 0.15) is 0 Å². The van der Waals surface area contributed by atoms with E-state index in [0.29, 0.717) is 29.7 Å². The van der Waals surface area contributed by atoms with E-state index in [9.17, 15) is 9.59 Å². The number of anilines is 1. The maximum atomic E-state index is 12.1. The predicted octanol–water partition coefficient (Wildman–Crippen LogP) is 3.91. The molecule has 0 unspecified atom stereocenters. The third-order valence-electron chi connectivity index (χ3n) is 4.04. The molecule has 1 aliphatic rings. The molecule has 0 atom stereocenters. The number of ether oxygens (including phenoxy) is 1. The smallest absolute Gasteiger partial charge is 0.338 e. The Balaban J connectivity index is 1.46. The molecular formula is C19H23N3O3S. The number of nitrogens with one attached hydrogen (secondary N) is 1. The van der Waals surface area contributed by atoms with Crippen LogP contribution in [0.4, 0.5) is 5.69 Å². The summed E-state index contributed by atoms with van der Waals surface area (Å²) in [5.74, 6) is -0.137. The van der Waals surface area contributed by atoms with E-state index in [1.807, 2.05) is 13.1 Å². The number of nitrogens with zero attached hydrogens (tertiary/aromatic N) is 2. The van der Waals surface area contributed by atoms with Gasteiger partial charge in [-0.2, -0.15) is 0 Å². The number of hydrogen-bond donors (Lipinski definition) is 1. The second-order valence-electron chi connectivity index (χ2n) is 6.25. The molecule has 1 saturated carbocycles. The summed E-state index contributed by atoms with van der Waals surface area (Å²) in [6.45, 7) is 2.48. The van der Waals surface area contributed by atoms with Gasteiger partial charge in [-0.1, -0.05) is 25.1 Å². The molecule has 3 rings (SSSR count). The highest BCUT2D eigenvalue weighted by Crippen LogP contribution is 2.37. The minimum absolute atomic E-state index is 0.0985. The fourth-order valence-corrected chi connectivity index (χ4v) is 3.28. The van der Waals surface area contributed by atoms with Crippen molar-refractivity contribution < 1.29 is 14.3 Å². The highest BCUT2D eigenvalue weighted by molar-refractivity contribution is 7.99. The summed E-state index contributed by atoms with van der Waals surface area (Å²) >= 11 is 1.43. The third kappa shape index (κ3) is 5.11. The van der Waals surface area contributed by atoms with E-state index in [2.05, 4.69) is 14.9 Å². The molecule has 1 amide bonds. The number of thioether (sulfide) groups is 1. The molecule has 1 heterocycles. The predicted molar refractivity (Wildman–Crippen MR) is 101 cm³/mol. The number of unbranched alkanes of at least 4 members (excludes halogenated alkanes) is 1. The van der Waals surface area contributed by atoms with Crippen LogP contribution in [-0.2, 0) is 9.53 Å². The molecule has 1 aromatic heterocycles. The molecular weight excluding hydrogens is 350 g/mol. The first-order valence-corrected chi connectivity index (χ1v) is 9.88. The summed E-state index contributed by atoms with van der Waals surface area (Å²) in [7, 11) is 0. The molecule has 2 aromatic rings. The molecule has 0 spiro atoms. The maximum Gasteiger partial charge on any atom is 0.338 e. The Morgan fingerprint density at radius 1 is 1.31 bits per heavy atom. The molecule has 0 aliphatic heterocycles. The molecule has 7 heteroatoms. The summed E-state index contributed by atoms with van der Waals surface area (Å²) < 4.78 is 7.30. The third-order valence-corrected chi connectivity index (χ3v) is 5.02. The highest BCUT2D eigenvalue weighted by atomic mass is 32.2. The monoisotopic (exact) mass is 373 g/mol. The second kappa shape index (κ2) is 8.89. The standard InChI is InChI=1S/C19H23N3O3S/c1-2-3-12-25-18(24)14-4-6-15(7-5-14)21-17(23)13-26-19-20-10-11-22(19)16-8-9-16/h4-7,10-11,16H,2-3,8-9,12-13H2,1H3,(H,21,23). The SMILES string of the molecule is CCCCOC(=O)c1ccc(NC(=O)CSc2nccn2C2CC2)cc1. The van der Waals surface area contributed by atoms with Crippen LogP contribution in [0.3, 0.4) is 0 Å². The van der Waals surface area contributed by atoms with Crippen molar-refractivity contribution in [1.82, 2.24) is 9.55 Å². The average Bonchev–Trinajstić information content (AvgIpc) is 3.38. The zero-order chi connectivity index (χ0) is 18.4. The van der Waals surface area contributed by atoms with Crippen molar-refractivity contribution in [2.75, 3.05) is 17.7 Å². The number of aromatic nitrogens is 2. The van der Waals surface area contributed by atoms with E-state index in [0.717, 1.165) is 18.0 Å². The van der Waals surface area contributed by atoms with Gasteiger partial charge in [-0.25, -0.2) is 9.78 Å². The minimum atomic E-state index is -0.334. The first-order chi connectivity index (χ1) is 12.7. The molecule has 1 N–H and O–H groups in total. The largest absolute Gasteiger partial charge is 0.462 e. The molecule has 0 saturated heterocycles. The van der Waals surface area contributed by atoms with Crippen LogP contribution >= 0.6 is 11.8 Å². The number of carbonyl (C=O) groups excluding carboxylic acids is 2. The highest BCUT2D eigenvalue weighted by Gasteiger charge is 2.25. The van der Waals surface area contributed by atoms with Crippen molar-refractivity contribution in [3.63, 3.8) is 0 Å². The van der Waals surface area contributed by atoms with Gasteiger partial charge in [-0.15, -0.1) is 0 Å². The fourth-order valence-electron chi connectivity index (χ4n) is 2.45. The van der Waals surface area contributed by atoms with E-state index in [-0.39, 0.29) is 11.9 Å². The number of amides is 1. The number of rotatable bonds is 9. The van der Waals surface area contributed by atoms with Gasteiger partial charge in [0.05, 0.1) is 17.9 Å². The molecule has 0 bridgehead atoms. The van der Waals surface area contributed by atoms with E-state index in [1.54, 1.807) is 30.5 Å². The van der Waals surface area contributed by atoms with Crippen LogP contribution in [0.5, 0.6) is 0 Å². The maximum absolute atomic E-state index is 12.1. The van der Waals surface area contributed by atoms with Crippen LogP contribution in [0, 0.1) is 0 Å². The van der Waals surface area contributed by atoms with Crippen LogP contribution in [0.15, 0.2) is 41.8 Å². The Kier molecular flexibility index (Phi) is 6.33. The van der Waals surface area contributed by atoms with Crippen LogP contribution in [0.1, 0.15) is 49.0 Å². The van der Waals surface area contributed by atoms with Gasteiger partial charge in [-0.3, -0.25) is 4.79 Å². The Morgan fingerprint density at radius 2 is 2.08 bits per heavy atom. The molecule has 26 heavy (non-hydrogen) atoms. The van der Waals surface area contributed by atoms with Crippen molar-refractivity contribution in [1.29, 1.82) is 0 Å². The summed E-state index contributed by atoms with van der Waals surface area (Å²) in [4.78, 5) is 28.3. The topological polar surface area (TPSA) is 73.2 Å². The van der Waals surface area contributed by atoms with Crippen molar-refractivity contribution in [2.24, 2.45) is 0 Å². The first kappa shape index (κ1) is 18.5. The van der Waals surface area contributed by atoms with Gasteiger partial charge in [0.2, 0.25) is 5.91 Å². The van der Waals surface area contributed by atoms with E-state index < -0.39 is 0 Å². The Bertz CT molecular complexity index is 754. The van der Waals surface area contributed by atoms with Crippen molar-refractivity contribution >= 4 is 29.3 Å². The summed E-state index contributed by atoms with van der Waals surface area (Å²) in [5, 5.41) is 3.72. The lowest BCUT2D eigenvalue weighted by molar-refractivity contribution is -0.113. The molecule has 1 aromatic carbocycles. The van der Waals surface area contributed by atoms with Crippen molar-refractivity contribution in [3.05, 3.63) is 42.2 Å². The lowest BCUT2D eigenvalue weighted by Crippen LogP contribution is -2.14. The zero-order valence-electron chi connectivity index (χ0n) is 14.8. The van der Waals surface area contributed by atoms with Crippen LogP contribution in [0.25, 0.3) is 0 Å². The average molecular weight is 373 g/mol. The number of imidazole rings is 1. The molecule has 6 nitrogen and oxygen atoms in total. The van der Waals surface area contributed by atoms with Crippen molar-refractivity contribution in [2.45, 2.75) is 43.8 Å². The zero-order valence-corrected chi connectivity index (χ0v) is 15.6. The molecule has 1 fully saturated rings. The molecule has 138 valence electrons. The number of esters is 1. The number of carbonyl (C=O) groups is 2. The van der Waals surface area contributed by atoms with Gasteiger partial charge in [0.15, 0.2) is 5.16 Å². The van der Waals surface area contributed by atoms with Gasteiger partial charge < -0.3 is 14.6 Å². The first-order valence-electron chi connectivity index (χ1n) is 8.90. The Labute approximate surface area is 157 Å². The normalized spacial score (nSPS) is 13.4. The Hall–Kier alpha value is -2.28.